The molecular weight excluding hydrogens is 881 g/mol. The lowest BCUT2D eigenvalue weighted by atomic mass is 10.1. The normalized spacial score (nSPS) is 13.2. The van der Waals surface area contributed by atoms with Crippen molar-refractivity contribution < 1.29 is 0 Å². The molecule has 0 saturated heterocycles. The van der Waals surface area contributed by atoms with Crippen LogP contribution < -0.4 is 51.5 Å². The summed E-state index contributed by atoms with van der Waals surface area (Å²) in [6, 6.07) is 99.6. The first-order chi connectivity index (χ1) is 34.7. The van der Waals surface area contributed by atoms with Crippen LogP contribution in [0.5, 0.6) is 0 Å². The molecule has 2 aliphatic heterocycles. The third kappa shape index (κ3) is 6.42. The van der Waals surface area contributed by atoms with Crippen molar-refractivity contribution in [3.05, 3.63) is 291 Å². The van der Waals surface area contributed by atoms with Crippen molar-refractivity contribution in [2.24, 2.45) is 0 Å². The molecule has 2 aliphatic rings. The van der Waals surface area contributed by atoms with Crippen LogP contribution in [0.2, 0.25) is 0 Å². The van der Waals surface area contributed by atoms with Crippen LogP contribution in [0.1, 0.15) is 0 Å². The van der Waals surface area contributed by atoms with E-state index in [1.54, 1.807) is 0 Å². The van der Waals surface area contributed by atoms with Crippen molar-refractivity contribution in [2.45, 2.75) is 0 Å². The van der Waals surface area contributed by atoms with E-state index in [1.165, 1.54) is 63.3 Å². The summed E-state index contributed by atoms with van der Waals surface area (Å²) in [6.45, 7) is 0. The largest absolute Gasteiger partial charge is 0.309 e. The van der Waals surface area contributed by atoms with Gasteiger partial charge in [0.05, 0.1) is 28.1 Å². The van der Waals surface area contributed by atoms with Gasteiger partial charge in [0, 0.05) is 28.9 Å². The molecule has 332 valence electrons. The molecule has 0 atom stereocenters. The van der Waals surface area contributed by atoms with Gasteiger partial charge in [-0.2, -0.15) is 5.12 Å². The fraction of sp³-hybridized carbons (Fsp3) is 0. The minimum atomic E-state index is -2.78. The third-order valence-electron chi connectivity index (χ3n) is 14.5. The van der Waals surface area contributed by atoms with E-state index < -0.39 is 16.1 Å². The lowest BCUT2D eigenvalue weighted by molar-refractivity contribution is 0.408. The molecule has 3 heterocycles. The minimum absolute atomic E-state index is 1.09. The fourth-order valence-corrected chi connectivity index (χ4v) is 21.2. The molecule has 11 aromatic rings. The zero-order valence-electron chi connectivity index (χ0n) is 38.5. The van der Waals surface area contributed by atoms with Gasteiger partial charge in [-0.1, -0.05) is 218 Å². The number of anilines is 3. The molecule has 0 spiro atoms. The molecule has 4 nitrogen and oxygen atoms in total. The highest BCUT2D eigenvalue weighted by Crippen LogP contribution is 2.46. The van der Waals surface area contributed by atoms with Crippen LogP contribution in [0, 0.1) is 0 Å². The number of para-hydroxylation sites is 1. The van der Waals surface area contributed by atoms with Crippen molar-refractivity contribution in [3.8, 4) is 5.69 Å². The Labute approximate surface area is 411 Å². The summed E-state index contributed by atoms with van der Waals surface area (Å²) in [5.74, 6) is 0. The van der Waals surface area contributed by atoms with Crippen molar-refractivity contribution in [3.63, 3.8) is 0 Å². The summed E-state index contributed by atoms with van der Waals surface area (Å²) >= 11 is 0. The monoisotopic (exact) mass is 928 g/mol. The zero-order valence-corrected chi connectivity index (χ0v) is 40.5. The van der Waals surface area contributed by atoms with Gasteiger partial charge in [0.1, 0.15) is 0 Å². The average Bonchev–Trinajstić information content (AvgIpc) is 3.95. The number of allylic oxidation sites excluding steroid dienone is 2. The van der Waals surface area contributed by atoms with Gasteiger partial charge in [-0.15, -0.1) is 0 Å². The molecule has 70 heavy (non-hydrogen) atoms. The molecule has 6 heteroatoms. The molecular formula is C64H48N4Si2. The second-order valence-electron chi connectivity index (χ2n) is 18.2. The van der Waals surface area contributed by atoms with E-state index >= 15 is 0 Å². The van der Waals surface area contributed by atoms with Gasteiger partial charge >= 0.3 is 0 Å². The quantitative estimate of drug-likeness (QED) is 0.100. The maximum atomic E-state index is 2.47. The Morgan fingerprint density at radius 2 is 0.714 bits per heavy atom. The Morgan fingerprint density at radius 3 is 1.24 bits per heavy atom. The topological polar surface area (TPSA) is 14.7 Å². The first-order valence-corrected chi connectivity index (χ1v) is 28.1. The lowest BCUT2D eigenvalue weighted by Gasteiger charge is -2.35. The molecule has 0 aliphatic carbocycles. The maximum absolute atomic E-state index is 2.78. The number of hydrogen-bond donors (Lipinski definition) is 0. The molecule has 0 amide bonds. The molecule has 1 aromatic heterocycles. The second-order valence-corrected chi connectivity index (χ2v) is 25.8. The Morgan fingerprint density at radius 1 is 0.271 bits per heavy atom. The van der Waals surface area contributed by atoms with E-state index in [4.69, 9.17) is 0 Å². The van der Waals surface area contributed by atoms with Crippen molar-refractivity contribution in [2.75, 3.05) is 10.0 Å². The standard InChI is InChI=1S/C64H48N4Si2/c1-7-25-51(26-8-1)69(52-27-9-2-10-28-52,53-29-11-3-12-30-53)57-37-23-24-49(46-57)67-61-39-20-19-38-59(61)60-47-50(40-42-62(60)67)68-63-43-41-58(48-64(63)65-44-21-22-45-66(65)68)70(54-31-13-4-14-32-54,55-33-15-5-16-34-55)56-35-17-6-18-36-56/h1-48H. The van der Waals surface area contributed by atoms with Crippen LogP contribution >= 0.6 is 0 Å². The van der Waals surface area contributed by atoms with Gasteiger partial charge in [-0.25, -0.2) is 10.0 Å². The van der Waals surface area contributed by atoms with Crippen molar-refractivity contribution >= 4 is 96.5 Å². The van der Waals surface area contributed by atoms with E-state index in [0.717, 1.165) is 22.7 Å². The number of rotatable bonds is 10. The van der Waals surface area contributed by atoms with Gasteiger partial charge < -0.3 is 4.57 Å². The predicted molar refractivity (Wildman–Crippen MR) is 299 cm³/mol. The molecule has 13 rings (SSSR count). The van der Waals surface area contributed by atoms with Crippen LogP contribution in [0.25, 0.3) is 27.5 Å². The van der Waals surface area contributed by atoms with Crippen LogP contribution in [-0.2, 0) is 0 Å². The molecule has 0 fully saturated rings. The van der Waals surface area contributed by atoms with E-state index in [9.17, 15) is 0 Å². The molecule has 0 N–H and O–H groups in total. The third-order valence-corrected chi connectivity index (χ3v) is 24.1. The number of aromatic nitrogens is 1. The van der Waals surface area contributed by atoms with Crippen molar-refractivity contribution in [1.29, 1.82) is 0 Å². The molecule has 0 saturated carbocycles. The number of hydrogen-bond acceptors (Lipinski definition) is 3. The van der Waals surface area contributed by atoms with Crippen LogP contribution in [0.15, 0.2) is 291 Å². The van der Waals surface area contributed by atoms with Crippen LogP contribution in [0.3, 0.4) is 0 Å². The molecule has 0 radical (unpaired) electrons. The van der Waals surface area contributed by atoms with E-state index in [2.05, 4.69) is 311 Å². The first-order valence-electron chi connectivity index (χ1n) is 24.1. The first kappa shape index (κ1) is 41.5. The van der Waals surface area contributed by atoms with E-state index in [-0.39, 0.29) is 0 Å². The van der Waals surface area contributed by atoms with E-state index in [0.29, 0.717) is 0 Å². The van der Waals surface area contributed by atoms with Crippen LogP contribution in [-0.4, -0.2) is 25.8 Å². The number of hydrazine groups is 2. The molecule has 10 aromatic carbocycles. The fourth-order valence-electron chi connectivity index (χ4n) is 11.6. The van der Waals surface area contributed by atoms with Gasteiger partial charge in [-0.05, 0) is 102 Å². The molecule has 0 unspecified atom stereocenters. The highest BCUT2D eigenvalue weighted by molar-refractivity contribution is 7.20. The highest BCUT2D eigenvalue weighted by atomic mass is 28.3. The summed E-state index contributed by atoms with van der Waals surface area (Å²) in [6.07, 6.45) is 8.59. The second kappa shape index (κ2) is 17.1. The Kier molecular flexibility index (Phi) is 10.2. The summed E-state index contributed by atoms with van der Waals surface area (Å²) in [4.78, 5) is 0. The SMILES string of the molecule is C1=CN2c3cc([Si](c4ccccc4)(c4ccccc4)c4ccccc4)ccc3N(c3ccc4c(c3)c3ccccc3n4-c3cccc([Si](c4ccccc4)(c4ccccc4)c4ccccc4)c3)N2C=C1. The Hall–Kier alpha value is -8.69. The zero-order chi connectivity index (χ0) is 46.5. The number of benzene rings is 10. The van der Waals surface area contributed by atoms with Gasteiger partial charge in [-0.3, -0.25) is 0 Å². The predicted octanol–water partition coefficient (Wildman–Crippen LogP) is 9.67. The van der Waals surface area contributed by atoms with Gasteiger partial charge in [0.2, 0.25) is 0 Å². The van der Waals surface area contributed by atoms with Crippen LogP contribution in [0.4, 0.5) is 17.1 Å². The Balaban J connectivity index is 0.979. The maximum Gasteiger partial charge on any atom is 0.179 e. The molecule has 0 bridgehead atoms. The number of fused-ring (bicyclic) bond motifs is 6. The summed E-state index contributed by atoms with van der Waals surface area (Å²) in [5, 5.41) is 20.1. The summed E-state index contributed by atoms with van der Waals surface area (Å²) in [7, 11) is -5.55. The van der Waals surface area contributed by atoms with E-state index in [1.807, 2.05) is 0 Å². The lowest BCUT2D eigenvalue weighted by Crippen LogP contribution is -2.74. The summed E-state index contributed by atoms with van der Waals surface area (Å²) in [5.41, 5.74) is 6.84. The minimum Gasteiger partial charge on any atom is -0.309 e. The Bertz CT molecular complexity index is 3530. The average molecular weight is 929 g/mol. The van der Waals surface area contributed by atoms with Gasteiger partial charge in [0.15, 0.2) is 16.1 Å². The van der Waals surface area contributed by atoms with Crippen molar-refractivity contribution in [1.82, 2.24) is 9.69 Å². The summed E-state index contributed by atoms with van der Waals surface area (Å²) < 4.78 is 2.47. The van der Waals surface area contributed by atoms with Gasteiger partial charge in [0.25, 0.3) is 0 Å². The smallest absolute Gasteiger partial charge is 0.179 e. The highest BCUT2D eigenvalue weighted by Gasteiger charge is 2.44. The number of nitrogens with zero attached hydrogens (tertiary/aromatic N) is 4.